The Labute approximate surface area is 194 Å². The second kappa shape index (κ2) is 8.89. The van der Waals surface area contributed by atoms with Gasteiger partial charge in [0, 0.05) is 38.1 Å². The molecule has 34 heavy (non-hydrogen) atoms. The third-order valence-corrected chi connectivity index (χ3v) is 5.97. The van der Waals surface area contributed by atoms with Crippen LogP contribution in [-0.2, 0) is 4.79 Å². The van der Waals surface area contributed by atoms with E-state index in [1.807, 2.05) is 43.3 Å². The van der Waals surface area contributed by atoms with Gasteiger partial charge in [-0.15, -0.1) is 5.10 Å². The summed E-state index contributed by atoms with van der Waals surface area (Å²) in [7, 11) is 0. The quantitative estimate of drug-likeness (QED) is 0.364. The van der Waals surface area contributed by atoms with E-state index >= 15 is 0 Å². The lowest BCUT2D eigenvalue weighted by molar-refractivity contribution is -0.127. The zero-order valence-electron chi connectivity index (χ0n) is 18.5. The Balaban J connectivity index is 1.35. The van der Waals surface area contributed by atoms with E-state index < -0.39 is 17.5 Å². The van der Waals surface area contributed by atoms with Crippen molar-refractivity contribution in [2.24, 2.45) is 0 Å². The van der Waals surface area contributed by atoms with Gasteiger partial charge in [0.15, 0.2) is 11.6 Å². The predicted octanol–water partition coefficient (Wildman–Crippen LogP) is 2.67. The first-order valence-corrected chi connectivity index (χ1v) is 10.9. The smallest absolute Gasteiger partial charge is 0.295 e. The number of allylic oxidation sites excluding steroid dienone is 1. The van der Waals surface area contributed by atoms with Gasteiger partial charge in [0.05, 0.1) is 35.1 Å². The zero-order chi connectivity index (χ0) is 23.7. The molecule has 1 aliphatic rings. The number of carbonyl (C=O) groups is 2. The lowest BCUT2D eigenvalue weighted by Gasteiger charge is -2.37. The molecule has 0 saturated carbocycles. The Kier molecular flexibility index (Phi) is 5.62. The molecule has 1 aromatic carbocycles. The van der Waals surface area contributed by atoms with Crippen molar-refractivity contribution in [2.75, 3.05) is 26.2 Å². The Morgan fingerprint density at radius 3 is 2.50 bits per heavy atom. The number of halogens is 1. The Bertz CT molecular complexity index is 1370. The van der Waals surface area contributed by atoms with Gasteiger partial charge >= 0.3 is 0 Å². The first-order valence-electron chi connectivity index (χ1n) is 10.9. The molecule has 0 unspecified atom stereocenters. The summed E-state index contributed by atoms with van der Waals surface area (Å²) in [6, 6.07) is 10.0. The number of amides is 1. The number of carbonyl (C=O) groups excluding carboxylic acids is 2. The third-order valence-electron chi connectivity index (χ3n) is 5.97. The molecule has 172 valence electrons. The fourth-order valence-corrected chi connectivity index (χ4v) is 4.32. The van der Waals surface area contributed by atoms with Crippen molar-refractivity contribution in [1.29, 1.82) is 0 Å². The summed E-state index contributed by atoms with van der Waals surface area (Å²) in [5.74, 6) is -1.82. The molecule has 10 heteroatoms. The molecule has 4 aromatic rings. The van der Waals surface area contributed by atoms with Crippen molar-refractivity contribution < 1.29 is 14.0 Å². The van der Waals surface area contributed by atoms with Crippen LogP contribution in [0.25, 0.3) is 22.4 Å². The molecule has 0 atom stereocenters. The maximum atomic E-state index is 14.7. The van der Waals surface area contributed by atoms with Crippen molar-refractivity contribution in [3.8, 4) is 5.82 Å². The highest BCUT2D eigenvalue weighted by Crippen LogP contribution is 2.27. The number of hydrogen-bond acceptors (Lipinski definition) is 6. The van der Waals surface area contributed by atoms with E-state index in [1.54, 1.807) is 6.20 Å². The van der Waals surface area contributed by atoms with E-state index in [9.17, 15) is 14.0 Å². The van der Waals surface area contributed by atoms with Crippen LogP contribution in [0.3, 0.4) is 0 Å². The normalized spacial score (nSPS) is 14.6. The lowest BCUT2D eigenvalue weighted by Crippen LogP contribution is -2.49. The minimum absolute atomic E-state index is 0.0118. The number of Topliss-reactive ketones (excluding diaryl/α,β-unsaturated/α-hetero) is 1. The minimum atomic E-state index is -0.761. The maximum absolute atomic E-state index is 14.7. The van der Waals surface area contributed by atoms with E-state index in [4.69, 9.17) is 0 Å². The molecule has 1 fully saturated rings. The third kappa shape index (κ3) is 3.72. The summed E-state index contributed by atoms with van der Waals surface area (Å²) in [5, 5.41) is 7.62. The number of piperazine rings is 1. The molecule has 1 saturated heterocycles. The van der Waals surface area contributed by atoms with Crippen LogP contribution < -0.4 is 0 Å². The number of pyridine rings is 1. The minimum Gasteiger partial charge on any atom is -0.368 e. The van der Waals surface area contributed by atoms with Gasteiger partial charge in [-0.05, 0) is 12.5 Å². The Hall–Kier alpha value is -4.34. The number of nitrogens with one attached hydrogen (secondary N) is 1. The van der Waals surface area contributed by atoms with E-state index in [0.29, 0.717) is 26.2 Å². The van der Waals surface area contributed by atoms with Crippen LogP contribution in [0, 0.1) is 5.82 Å². The molecule has 3 aromatic heterocycles. The van der Waals surface area contributed by atoms with E-state index in [-0.39, 0.29) is 22.3 Å². The zero-order valence-corrected chi connectivity index (χ0v) is 18.5. The summed E-state index contributed by atoms with van der Waals surface area (Å²) in [6.07, 6.45) is 7.43. The summed E-state index contributed by atoms with van der Waals surface area (Å²) >= 11 is 0. The van der Waals surface area contributed by atoms with Gasteiger partial charge in [-0.3, -0.25) is 9.59 Å². The van der Waals surface area contributed by atoms with Crippen molar-refractivity contribution >= 4 is 28.3 Å². The molecular formula is C24H22FN7O2. The van der Waals surface area contributed by atoms with Crippen LogP contribution in [0.5, 0.6) is 0 Å². The highest BCUT2D eigenvalue weighted by Gasteiger charge is 2.30. The molecule has 1 N–H and O–H groups in total. The SMILES string of the molecule is CC=C(c1ccccc1)N1CCN(C(=O)C(=O)c2c[nH]c3c(-n4ccnn4)ncc(F)c23)CC1. The van der Waals surface area contributed by atoms with Gasteiger partial charge in [0.1, 0.15) is 0 Å². The van der Waals surface area contributed by atoms with Crippen LogP contribution in [0.2, 0.25) is 0 Å². The van der Waals surface area contributed by atoms with Gasteiger partial charge in [-0.1, -0.05) is 41.6 Å². The van der Waals surface area contributed by atoms with Crippen molar-refractivity contribution in [3.05, 3.63) is 78.1 Å². The van der Waals surface area contributed by atoms with E-state index in [1.165, 1.54) is 22.0 Å². The first kappa shape index (κ1) is 21.5. The van der Waals surface area contributed by atoms with Gasteiger partial charge in [-0.25, -0.2) is 14.1 Å². The van der Waals surface area contributed by atoms with Gasteiger partial charge in [0.25, 0.3) is 11.7 Å². The average Bonchev–Trinajstić information content (AvgIpc) is 3.56. The highest BCUT2D eigenvalue weighted by atomic mass is 19.1. The summed E-state index contributed by atoms with van der Waals surface area (Å²) < 4.78 is 16.1. The lowest BCUT2D eigenvalue weighted by atomic mass is 10.1. The van der Waals surface area contributed by atoms with Crippen molar-refractivity contribution in [3.63, 3.8) is 0 Å². The number of rotatable bonds is 5. The summed E-state index contributed by atoms with van der Waals surface area (Å²) in [6.45, 7) is 3.96. The Morgan fingerprint density at radius 1 is 1.09 bits per heavy atom. The highest BCUT2D eigenvalue weighted by molar-refractivity contribution is 6.45. The van der Waals surface area contributed by atoms with Gasteiger partial charge in [0.2, 0.25) is 0 Å². The van der Waals surface area contributed by atoms with E-state index in [0.717, 1.165) is 17.5 Å². The van der Waals surface area contributed by atoms with Crippen molar-refractivity contribution in [2.45, 2.75) is 6.92 Å². The molecule has 0 spiro atoms. The van der Waals surface area contributed by atoms with Crippen LogP contribution in [0.1, 0.15) is 22.8 Å². The monoisotopic (exact) mass is 459 g/mol. The van der Waals surface area contributed by atoms with Gasteiger partial charge < -0.3 is 14.8 Å². The summed E-state index contributed by atoms with van der Waals surface area (Å²) in [4.78, 5) is 36.8. The summed E-state index contributed by atoms with van der Waals surface area (Å²) in [5.41, 5.74) is 2.44. The number of H-pyrrole nitrogens is 1. The fraction of sp³-hybridized carbons (Fsp3) is 0.208. The number of fused-ring (bicyclic) bond motifs is 1. The van der Waals surface area contributed by atoms with Gasteiger partial charge in [-0.2, -0.15) is 0 Å². The second-order valence-electron chi connectivity index (χ2n) is 7.88. The predicted molar refractivity (Wildman–Crippen MR) is 124 cm³/mol. The molecular weight excluding hydrogens is 437 g/mol. The molecule has 0 radical (unpaired) electrons. The van der Waals surface area contributed by atoms with E-state index in [2.05, 4.69) is 25.2 Å². The molecule has 5 rings (SSSR count). The molecule has 1 amide bonds. The average molecular weight is 459 g/mol. The standard InChI is InChI=1S/C24H22FN7O2/c1-2-19(16-6-4-3-5-7-16)30-10-12-31(13-11-30)24(34)22(33)17-14-26-21-20(17)18(25)15-27-23(21)32-9-8-28-29-32/h2-9,14-15,26H,10-13H2,1H3. The van der Waals surface area contributed by atoms with Crippen molar-refractivity contribution in [1.82, 2.24) is 34.8 Å². The molecule has 9 nitrogen and oxygen atoms in total. The topological polar surface area (TPSA) is 100 Å². The number of benzene rings is 1. The Morgan fingerprint density at radius 2 is 1.82 bits per heavy atom. The van der Waals surface area contributed by atoms with Crippen LogP contribution in [0.4, 0.5) is 4.39 Å². The van der Waals surface area contributed by atoms with Crippen LogP contribution >= 0.6 is 0 Å². The second-order valence-corrected chi connectivity index (χ2v) is 7.88. The van der Waals surface area contributed by atoms with Crippen LogP contribution in [-0.4, -0.2) is 72.6 Å². The number of ketones is 1. The number of hydrogen-bond donors (Lipinski definition) is 1. The number of aromatic nitrogens is 5. The van der Waals surface area contributed by atoms with Crippen LogP contribution in [0.15, 0.2) is 61.2 Å². The molecule has 0 bridgehead atoms. The first-order chi connectivity index (χ1) is 16.6. The fourth-order valence-electron chi connectivity index (χ4n) is 4.32. The number of nitrogens with zero attached hydrogens (tertiary/aromatic N) is 6. The molecule has 0 aliphatic carbocycles. The maximum Gasteiger partial charge on any atom is 0.295 e. The number of aromatic amines is 1. The largest absolute Gasteiger partial charge is 0.368 e. The molecule has 1 aliphatic heterocycles. The molecule has 4 heterocycles.